The van der Waals surface area contributed by atoms with Gasteiger partial charge in [-0.1, -0.05) is 17.7 Å². The summed E-state index contributed by atoms with van der Waals surface area (Å²) in [5, 5.41) is 0.639. The number of nitrogens with two attached hydrogens (primary N) is 2. The van der Waals surface area contributed by atoms with Crippen molar-refractivity contribution in [1.82, 2.24) is 0 Å². The SMILES string of the molecule is C[C@H]1N=C(N)N=C(N)N1c1cccc(Cl)c1. The Hall–Kier alpha value is -1.75. The summed E-state index contributed by atoms with van der Waals surface area (Å²) in [6, 6.07) is 7.34. The summed E-state index contributed by atoms with van der Waals surface area (Å²) >= 11 is 5.92. The molecule has 0 spiro atoms. The lowest BCUT2D eigenvalue weighted by Gasteiger charge is -2.30. The number of halogens is 1. The predicted molar refractivity (Wildman–Crippen MR) is 66.6 cm³/mol. The van der Waals surface area contributed by atoms with Gasteiger partial charge in [0.15, 0.2) is 0 Å². The van der Waals surface area contributed by atoms with Gasteiger partial charge >= 0.3 is 0 Å². The van der Waals surface area contributed by atoms with Gasteiger partial charge in [-0.25, -0.2) is 4.99 Å². The maximum absolute atomic E-state index is 5.92. The minimum atomic E-state index is -0.184. The Kier molecular flexibility index (Phi) is 2.70. The molecule has 0 aliphatic carbocycles. The van der Waals surface area contributed by atoms with Crippen LogP contribution >= 0.6 is 11.6 Å². The van der Waals surface area contributed by atoms with E-state index in [2.05, 4.69) is 9.98 Å². The molecule has 0 radical (unpaired) electrons. The summed E-state index contributed by atoms with van der Waals surface area (Å²) < 4.78 is 0. The molecular weight excluding hydrogens is 226 g/mol. The lowest BCUT2D eigenvalue weighted by atomic mass is 10.2. The van der Waals surface area contributed by atoms with Gasteiger partial charge in [0, 0.05) is 10.7 Å². The molecule has 1 heterocycles. The number of guanidine groups is 2. The predicted octanol–water partition coefficient (Wildman–Crippen LogP) is 1.14. The number of hydrogen-bond donors (Lipinski definition) is 2. The van der Waals surface area contributed by atoms with E-state index in [0.29, 0.717) is 11.0 Å². The van der Waals surface area contributed by atoms with Crippen LogP contribution in [-0.2, 0) is 0 Å². The molecule has 0 saturated carbocycles. The van der Waals surface area contributed by atoms with E-state index in [4.69, 9.17) is 23.1 Å². The molecule has 16 heavy (non-hydrogen) atoms. The third-order valence-electron chi connectivity index (χ3n) is 2.26. The Morgan fingerprint density at radius 2 is 2.12 bits per heavy atom. The van der Waals surface area contributed by atoms with Crippen LogP contribution in [0.3, 0.4) is 0 Å². The summed E-state index contributed by atoms with van der Waals surface area (Å²) in [7, 11) is 0. The molecule has 0 fully saturated rings. The van der Waals surface area contributed by atoms with Crippen molar-refractivity contribution in [3.05, 3.63) is 29.3 Å². The molecule has 1 aromatic carbocycles. The molecule has 5 nitrogen and oxygen atoms in total. The molecule has 6 heteroatoms. The molecule has 0 amide bonds. The van der Waals surface area contributed by atoms with Crippen LogP contribution in [0.4, 0.5) is 5.69 Å². The number of benzene rings is 1. The smallest absolute Gasteiger partial charge is 0.220 e. The molecule has 0 saturated heterocycles. The number of rotatable bonds is 1. The lowest BCUT2D eigenvalue weighted by molar-refractivity contribution is 0.752. The van der Waals surface area contributed by atoms with Crippen molar-refractivity contribution in [3.8, 4) is 0 Å². The molecule has 0 aromatic heterocycles. The molecule has 0 bridgehead atoms. The van der Waals surface area contributed by atoms with Crippen molar-refractivity contribution in [1.29, 1.82) is 0 Å². The van der Waals surface area contributed by atoms with Gasteiger partial charge in [-0.05, 0) is 25.1 Å². The van der Waals surface area contributed by atoms with E-state index in [0.717, 1.165) is 5.69 Å². The highest BCUT2D eigenvalue weighted by Crippen LogP contribution is 2.22. The van der Waals surface area contributed by atoms with Crippen LogP contribution in [0.1, 0.15) is 6.92 Å². The Labute approximate surface area is 98.4 Å². The minimum Gasteiger partial charge on any atom is -0.369 e. The Balaban J connectivity index is 2.39. The van der Waals surface area contributed by atoms with Gasteiger partial charge in [-0.15, -0.1) is 0 Å². The summed E-state index contributed by atoms with van der Waals surface area (Å²) in [6.07, 6.45) is -0.184. The highest BCUT2D eigenvalue weighted by atomic mass is 35.5. The largest absolute Gasteiger partial charge is 0.369 e. The quantitative estimate of drug-likeness (QED) is 0.769. The van der Waals surface area contributed by atoms with Crippen LogP contribution < -0.4 is 16.4 Å². The van der Waals surface area contributed by atoms with E-state index in [-0.39, 0.29) is 12.1 Å². The zero-order valence-electron chi connectivity index (χ0n) is 8.76. The lowest BCUT2D eigenvalue weighted by Crippen LogP contribution is -2.47. The van der Waals surface area contributed by atoms with Crippen LogP contribution in [0.5, 0.6) is 0 Å². The summed E-state index contributed by atoms with van der Waals surface area (Å²) in [5.74, 6) is 0.519. The first-order chi connectivity index (χ1) is 7.58. The van der Waals surface area contributed by atoms with Gasteiger partial charge in [0.1, 0.15) is 6.17 Å². The number of anilines is 1. The average Bonchev–Trinajstić information content (AvgIpc) is 2.15. The van der Waals surface area contributed by atoms with E-state index in [1.807, 2.05) is 19.1 Å². The monoisotopic (exact) mass is 237 g/mol. The zero-order chi connectivity index (χ0) is 11.7. The van der Waals surface area contributed by atoms with Gasteiger partial charge in [-0.2, -0.15) is 4.99 Å². The second-order valence-electron chi connectivity index (χ2n) is 3.44. The van der Waals surface area contributed by atoms with Crippen molar-refractivity contribution < 1.29 is 0 Å². The molecule has 1 aliphatic rings. The summed E-state index contributed by atoms with van der Waals surface area (Å²) in [6.45, 7) is 1.88. The topological polar surface area (TPSA) is 80.0 Å². The van der Waals surface area contributed by atoms with E-state index < -0.39 is 0 Å². The normalized spacial score (nSPS) is 20.4. The molecular formula is C10H12ClN5. The molecule has 1 aromatic rings. The van der Waals surface area contributed by atoms with E-state index in [1.165, 1.54) is 0 Å². The van der Waals surface area contributed by atoms with Crippen molar-refractivity contribution >= 4 is 29.2 Å². The van der Waals surface area contributed by atoms with E-state index >= 15 is 0 Å². The molecule has 1 atom stereocenters. The van der Waals surface area contributed by atoms with Crippen molar-refractivity contribution in [2.24, 2.45) is 21.5 Å². The van der Waals surface area contributed by atoms with Crippen molar-refractivity contribution in [2.45, 2.75) is 13.1 Å². The third kappa shape index (κ3) is 1.94. The standard InChI is InChI=1S/C10H12ClN5/c1-6-14-9(12)15-10(13)16(6)8-4-2-3-7(11)5-8/h2-6H,1H3,(H4,12,13,14,15)/t6-/m0/s1. The Bertz CT molecular complexity index is 468. The van der Waals surface area contributed by atoms with Crippen LogP contribution in [0, 0.1) is 0 Å². The minimum absolute atomic E-state index is 0.184. The molecule has 1 aliphatic heterocycles. The van der Waals surface area contributed by atoms with Gasteiger partial charge in [0.2, 0.25) is 11.9 Å². The highest BCUT2D eigenvalue weighted by Gasteiger charge is 2.21. The van der Waals surface area contributed by atoms with Crippen LogP contribution in [0.15, 0.2) is 34.3 Å². The fourth-order valence-electron chi connectivity index (χ4n) is 1.61. The fraction of sp³-hybridized carbons (Fsp3) is 0.200. The second-order valence-corrected chi connectivity index (χ2v) is 3.88. The Morgan fingerprint density at radius 3 is 2.75 bits per heavy atom. The van der Waals surface area contributed by atoms with E-state index in [1.54, 1.807) is 17.0 Å². The van der Waals surface area contributed by atoms with Gasteiger partial charge in [0.25, 0.3) is 0 Å². The van der Waals surface area contributed by atoms with Gasteiger partial charge < -0.3 is 11.5 Å². The number of aliphatic imine (C=N–C) groups is 2. The van der Waals surface area contributed by atoms with Crippen LogP contribution in [0.2, 0.25) is 5.02 Å². The summed E-state index contributed by atoms with van der Waals surface area (Å²) in [4.78, 5) is 9.82. The Morgan fingerprint density at radius 1 is 1.38 bits per heavy atom. The van der Waals surface area contributed by atoms with Gasteiger partial charge in [-0.3, -0.25) is 4.90 Å². The third-order valence-corrected chi connectivity index (χ3v) is 2.49. The number of hydrogen-bond acceptors (Lipinski definition) is 5. The highest BCUT2D eigenvalue weighted by molar-refractivity contribution is 6.31. The number of nitrogens with zero attached hydrogens (tertiary/aromatic N) is 3. The summed E-state index contributed by atoms with van der Waals surface area (Å²) in [5.41, 5.74) is 12.2. The van der Waals surface area contributed by atoms with Crippen molar-refractivity contribution in [3.63, 3.8) is 0 Å². The van der Waals surface area contributed by atoms with Gasteiger partial charge in [0.05, 0.1) is 0 Å². The maximum atomic E-state index is 5.92. The maximum Gasteiger partial charge on any atom is 0.220 e. The molecule has 84 valence electrons. The second kappa shape index (κ2) is 4.02. The zero-order valence-corrected chi connectivity index (χ0v) is 9.52. The first kappa shape index (κ1) is 10.8. The van der Waals surface area contributed by atoms with Crippen LogP contribution in [-0.4, -0.2) is 18.1 Å². The molecule has 2 rings (SSSR count). The van der Waals surface area contributed by atoms with Crippen LogP contribution in [0.25, 0.3) is 0 Å². The van der Waals surface area contributed by atoms with Crippen molar-refractivity contribution in [2.75, 3.05) is 4.90 Å². The molecule has 4 N–H and O–H groups in total. The average molecular weight is 238 g/mol. The van der Waals surface area contributed by atoms with E-state index in [9.17, 15) is 0 Å². The fourth-order valence-corrected chi connectivity index (χ4v) is 1.80. The first-order valence-electron chi connectivity index (χ1n) is 4.80. The first-order valence-corrected chi connectivity index (χ1v) is 5.18. The molecule has 0 unspecified atom stereocenters.